The quantitative estimate of drug-likeness (QED) is 0.878. The van der Waals surface area contributed by atoms with E-state index >= 15 is 0 Å². The zero-order valence-corrected chi connectivity index (χ0v) is 15.9. The van der Waals surface area contributed by atoms with Gasteiger partial charge in [0.2, 0.25) is 5.91 Å². The van der Waals surface area contributed by atoms with E-state index in [4.69, 9.17) is 0 Å². The van der Waals surface area contributed by atoms with Crippen molar-refractivity contribution in [2.24, 2.45) is 5.92 Å². The lowest BCUT2D eigenvalue weighted by atomic mass is 9.99. The number of aromatic nitrogens is 1. The van der Waals surface area contributed by atoms with Gasteiger partial charge in [-0.3, -0.25) is 4.79 Å². The van der Waals surface area contributed by atoms with Gasteiger partial charge in [0.25, 0.3) is 10.0 Å². The van der Waals surface area contributed by atoms with Crippen molar-refractivity contribution in [2.45, 2.75) is 30.9 Å². The summed E-state index contributed by atoms with van der Waals surface area (Å²) in [4.78, 5) is 18.5. The first-order valence-electron chi connectivity index (χ1n) is 7.66. The van der Waals surface area contributed by atoms with Crippen molar-refractivity contribution >= 4 is 43.7 Å². The van der Waals surface area contributed by atoms with E-state index in [0.29, 0.717) is 28.7 Å². The largest absolute Gasteiger partial charge is 0.302 e. The molecule has 0 aromatic carbocycles. The van der Waals surface area contributed by atoms with Crippen LogP contribution in [0.5, 0.6) is 0 Å². The summed E-state index contributed by atoms with van der Waals surface area (Å²) < 4.78 is 27.2. The molecule has 6 nitrogen and oxygen atoms in total. The van der Waals surface area contributed by atoms with Gasteiger partial charge in [0.15, 0.2) is 5.13 Å². The molecule has 1 N–H and O–H groups in total. The molecule has 1 saturated heterocycles. The fourth-order valence-corrected chi connectivity index (χ4v) is 6.30. The maximum Gasteiger partial charge on any atom is 0.252 e. The fourth-order valence-electron chi connectivity index (χ4n) is 2.67. The molecule has 1 atom stereocenters. The lowest BCUT2D eigenvalue weighted by Gasteiger charge is -2.30. The minimum absolute atomic E-state index is 0.161. The second kappa shape index (κ2) is 6.91. The molecule has 3 heterocycles. The number of sulfonamides is 1. The molecule has 1 aliphatic heterocycles. The Kier molecular flexibility index (Phi) is 5.05. The van der Waals surface area contributed by atoms with Gasteiger partial charge in [-0.1, -0.05) is 0 Å². The van der Waals surface area contributed by atoms with Crippen LogP contribution in [0.15, 0.2) is 22.5 Å². The first kappa shape index (κ1) is 17.5. The Hall–Kier alpha value is -1.29. The van der Waals surface area contributed by atoms with Gasteiger partial charge in [-0.2, -0.15) is 4.31 Å². The van der Waals surface area contributed by atoms with E-state index in [1.54, 1.807) is 18.3 Å². The summed E-state index contributed by atoms with van der Waals surface area (Å²) in [6.45, 7) is 4.48. The lowest BCUT2D eigenvalue weighted by molar-refractivity contribution is -0.120. The van der Waals surface area contributed by atoms with Crippen LogP contribution in [-0.4, -0.2) is 36.7 Å². The number of nitrogens with zero attached hydrogens (tertiary/aromatic N) is 2. The zero-order valence-electron chi connectivity index (χ0n) is 13.5. The maximum absolute atomic E-state index is 12.7. The van der Waals surface area contributed by atoms with Crippen LogP contribution in [-0.2, 0) is 14.8 Å². The summed E-state index contributed by atoms with van der Waals surface area (Å²) >= 11 is 2.68. The molecule has 0 spiro atoms. The average molecular weight is 386 g/mol. The van der Waals surface area contributed by atoms with Crippen molar-refractivity contribution in [2.75, 3.05) is 18.4 Å². The van der Waals surface area contributed by atoms with Crippen molar-refractivity contribution in [1.82, 2.24) is 9.29 Å². The van der Waals surface area contributed by atoms with E-state index in [9.17, 15) is 13.2 Å². The highest BCUT2D eigenvalue weighted by molar-refractivity contribution is 7.91. The first-order valence-corrected chi connectivity index (χ1v) is 10.7. The summed E-state index contributed by atoms with van der Waals surface area (Å²) in [7, 11) is -3.52. The number of hydrogen-bond donors (Lipinski definition) is 1. The number of thiophene rings is 1. The molecule has 0 aliphatic carbocycles. The average Bonchev–Trinajstić information content (AvgIpc) is 3.16. The molecule has 3 rings (SSSR count). The number of hydrogen-bond acceptors (Lipinski definition) is 6. The van der Waals surface area contributed by atoms with Gasteiger partial charge in [0, 0.05) is 29.0 Å². The van der Waals surface area contributed by atoms with Gasteiger partial charge in [0.1, 0.15) is 4.21 Å². The molecule has 130 valence electrons. The summed E-state index contributed by atoms with van der Waals surface area (Å²) in [5, 5.41) is 3.36. The van der Waals surface area contributed by atoms with Crippen LogP contribution < -0.4 is 5.32 Å². The smallest absolute Gasteiger partial charge is 0.252 e. The molecular weight excluding hydrogens is 366 g/mol. The minimum atomic E-state index is -3.52. The first-order chi connectivity index (χ1) is 11.4. The number of aryl methyl sites for hydroxylation is 2. The monoisotopic (exact) mass is 385 g/mol. The normalized spacial score (nSPS) is 19.3. The summed E-state index contributed by atoms with van der Waals surface area (Å²) in [5.41, 5.74) is 0. The van der Waals surface area contributed by atoms with E-state index in [2.05, 4.69) is 10.3 Å². The maximum atomic E-state index is 12.7. The van der Waals surface area contributed by atoms with E-state index in [1.807, 2.05) is 13.8 Å². The predicted molar refractivity (Wildman–Crippen MR) is 96.0 cm³/mol. The number of thiazole rings is 1. The Balaban J connectivity index is 1.71. The van der Waals surface area contributed by atoms with E-state index in [0.717, 1.165) is 9.75 Å². The van der Waals surface area contributed by atoms with Crippen LogP contribution >= 0.6 is 22.7 Å². The fraction of sp³-hybridized carbons (Fsp3) is 0.467. The molecule has 1 unspecified atom stereocenters. The highest BCUT2D eigenvalue weighted by Crippen LogP contribution is 2.29. The number of anilines is 1. The van der Waals surface area contributed by atoms with Crippen LogP contribution in [0.1, 0.15) is 22.6 Å². The standard InChI is InChI=1S/C15H19N3O3S3/c1-10-5-6-13(22-10)24(20,21)18-7-3-4-12(9-18)14(19)17-15-16-8-11(2)23-15/h5-6,8,12H,3-4,7,9H2,1-2H3,(H,16,17,19). The molecule has 0 radical (unpaired) electrons. The third-order valence-electron chi connectivity index (χ3n) is 3.92. The SMILES string of the molecule is Cc1ccc(S(=O)(=O)N2CCCC(C(=O)Nc3ncc(C)s3)C2)s1. The van der Waals surface area contributed by atoms with Gasteiger partial charge >= 0.3 is 0 Å². The number of carbonyl (C=O) groups is 1. The number of rotatable bonds is 4. The second-order valence-electron chi connectivity index (χ2n) is 5.83. The highest BCUT2D eigenvalue weighted by Gasteiger charge is 2.34. The molecule has 24 heavy (non-hydrogen) atoms. The van der Waals surface area contributed by atoms with Gasteiger partial charge in [0.05, 0.1) is 5.92 Å². The summed E-state index contributed by atoms with van der Waals surface area (Å²) in [5.74, 6) is -0.509. The van der Waals surface area contributed by atoms with Crippen molar-refractivity contribution in [3.8, 4) is 0 Å². The minimum Gasteiger partial charge on any atom is -0.302 e. The molecule has 0 saturated carbocycles. The Morgan fingerprint density at radius 1 is 1.29 bits per heavy atom. The van der Waals surface area contributed by atoms with Crippen LogP contribution in [0.4, 0.5) is 5.13 Å². The van der Waals surface area contributed by atoms with Gasteiger partial charge < -0.3 is 5.32 Å². The third kappa shape index (κ3) is 3.69. The number of amides is 1. The summed E-state index contributed by atoms with van der Waals surface area (Å²) in [6.07, 6.45) is 3.07. The Morgan fingerprint density at radius 2 is 2.08 bits per heavy atom. The zero-order chi connectivity index (χ0) is 17.3. The molecular formula is C15H19N3O3S3. The van der Waals surface area contributed by atoms with E-state index in [1.165, 1.54) is 27.0 Å². The Bertz CT molecular complexity index is 841. The van der Waals surface area contributed by atoms with Gasteiger partial charge in [-0.05, 0) is 38.8 Å². The number of carbonyl (C=O) groups excluding carboxylic acids is 1. The summed E-state index contributed by atoms with van der Waals surface area (Å²) in [6, 6.07) is 3.44. The second-order valence-corrected chi connectivity index (χ2v) is 10.5. The number of nitrogens with one attached hydrogen (secondary N) is 1. The molecule has 1 fully saturated rings. The molecule has 2 aromatic heterocycles. The van der Waals surface area contributed by atoms with Crippen molar-refractivity contribution in [1.29, 1.82) is 0 Å². The van der Waals surface area contributed by atoms with Crippen LogP contribution in [0.3, 0.4) is 0 Å². The van der Waals surface area contributed by atoms with Crippen molar-refractivity contribution in [3.05, 3.63) is 28.1 Å². The predicted octanol–water partition coefficient (Wildman–Crippen LogP) is 2.86. The Morgan fingerprint density at radius 3 is 2.71 bits per heavy atom. The van der Waals surface area contributed by atoms with E-state index in [-0.39, 0.29) is 18.4 Å². The van der Waals surface area contributed by atoms with Gasteiger partial charge in [-0.15, -0.1) is 22.7 Å². The lowest BCUT2D eigenvalue weighted by Crippen LogP contribution is -2.43. The van der Waals surface area contributed by atoms with Crippen LogP contribution in [0.2, 0.25) is 0 Å². The highest BCUT2D eigenvalue weighted by atomic mass is 32.2. The third-order valence-corrected chi connectivity index (χ3v) is 8.08. The molecule has 1 amide bonds. The molecule has 9 heteroatoms. The van der Waals surface area contributed by atoms with E-state index < -0.39 is 10.0 Å². The van der Waals surface area contributed by atoms with Gasteiger partial charge in [-0.25, -0.2) is 13.4 Å². The number of piperidine rings is 1. The molecule has 1 aliphatic rings. The van der Waals surface area contributed by atoms with Crippen LogP contribution in [0.25, 0.3) is 0 Å². The molecule has 2 aromatic rings. The van der Waals surface area contributed by atoms with Crippen molar-refractivity contribution in [3.63, 3.8) is 0 Å². The Labute approximate surface area is 149 Å². The van der Waals surface area contributed by atoms with Crippen molar-refractivity contribution < 1.29 is 13.2 Å². The van der Waals surface area contributed by atoms with Crippen LogP contribution in [0, 0.1) is 19.8 Å². The molecule has 0 bridgehead atoms. The topological polar surface area (TPSA) is 79.4 Å².